The van der Waals surface area contributed by atoms with Crippen LogP contribution in [0.1, 0.15) is 35.1 Å². The lowest BCUT2D eigenvalue weighted by atomic mass is 10.0. The molecule has 8 nitrogen and oxygen atoms in total. The lowest BCUT2D eigenvalue weighted by molar-refractivity contribution is 0.211. The monoisotopic (exact) mass is 628 g/mol. The molecular formula is C28H30BrClN6O2S. The molecule has 0 aliphatic carbocycles. The summed E-state index contributed by atoms with van der Waals surface area (Å²) in [6, 6.07) is 11.3. The number of hydrogen-bond donors (Lipinski definition) is 2. The maximum Gasteiger partial charge on any atom is 0.224 e. The van der Waals surface area contributed by atoms with E-state index >= 15 is 0 Å². The Kier molecular flexibility index (Phi) is 9.28. The van der Waals surface area contributed by atoms with Crippen molar-refractivity contribution >= 4 is 60.9 Å². The maximum atomic E-state index is 11.8. The van der Waals surface area contributed by atoms with Crippen molar-refractivity contribution in [1.29, 1.82) is 5.26 Å². The van der Waals surface area contributed by atoms with Gasteiger partial charge < -0.3 is 10.6 Å². The average Bonchev–Trinajstić information content (AvgIpc) is 2.88. The molecule has 4 rings (SSSR count). The molecule has 0 atom stereocenters. The number of nitrogens with one attached hydrogen (secondary N) is 2. The van der Waals surface area contributed by atoms with E-state index in [0.29, 0.717) is 23.3 Å². The number of benzene rings is 2. The van der Waals surface area contributed by atoms with Crippen molar-refractivity contribution in [3.8, 4) is 6.07 Å². The fraction of sp³-hybridized carbons (Fsp3) is 0.321. The second-order valence-corrected chi connectivity index (χ2v) is 13.0. The van der Waals surface area contributed by atoms with Crippen LogP contribution in [0.25, 0.3) is 6.08 Å². The smallest absolute Gasteiger partial charge is 0.224 e. The summed E-state index contributed by atoms with van der Waals surface area (Å²) in [4.78, 5) is 11.7. The fourth-order valence-electron chi connectivity index (χ4n) is 4.61. The SMILES string of the molecule is Cc1cc(/C=C/C#N)cc(C)c1Nc1nc(NC2CCN(Cc3ccc(S(C)(=O)=O)cc3Cl)CC2)ncc1Br. The van der Waals surface area contributed by atoms with E-state index in [2.05, 4.69) is 36.4 Å². The molecule has 0 amide bonds. The molecule has 3 aromatic rings. The first-order chi connectivity index (χ1) is 18.5. The average molecular weight is 630 g/mol. The molecular weight excluding hydrogens is 600 g/mol. The van der Waals surface area contributed by atoms with Crippen LogP contribution in [0.5, 0.6) is 0 Å². The van der Waals surface area contributed by atoms with Gasteiger partial charge in [-0.3, -0.25) is 4.90 Å². The number of aromatic nitrogens is 2. The zero-order valence-corrected chi connectivity index (χ0v) is 25.2. The van der Waals surface area contributed by atoms with Crippen LogP contribution in [-0.4, -0.2) is 48.7 Å². The number of hydrogen-bond acceptors (Lipinski definition) is 8. The lowest BCUT2D eigenvalue weighted by Gasteiger charge is -2.32. The predicted octanol–water partition coefficient (Wildman–Crippen LogP) is 6.27. The third-order valence-corrected chi connectivity index (χ3v) is 8.70. The molecule has 1 aliphatic heterocycles. The molecule has 11 heteroatoms. The summed E-state index contributed by atoms with van der Waals surface area (Å²) in [6.45, 7) is 6.45. The first-order valence-electron chi connectivity index (χ1n) is 12.5. The van der Waals surface area contributed by atoms with Gasteiger partial charge in [-0.15, -0.1) is 0 Å². The van der Waals surface area contributed by atoms with Gasteiger partial charge in [-0.1, -0.05) is 17.7 Å². The van der Waals surface area contributed by atoms with E-state index < -0.39 is 9.84 Å². The highest BCUT2D eigenvalue weighted by Gasteiger charge is 2.21. The van der Waals surface area contributed by atoms with E-state index in [4.69, 9.17) is 21.8 Å². The van der Waals surface area contributed by atoms with Gasteiger partial charge in [0.25, 0.3) is 0 Å². The fourth-order valence-corrected chi connectivity index (χ4v) is 5.85. The van der Waals surface area contributed by atoms with Crippen LogP contribution in [-0.2, 0) is 16.4 Å². The van der Waals surface area contributed by atoms with Gasteiger partial charge in [-0.25, -0.2) is 13.4 Å². The number of aryl methyl sites for hydroxylation is 2. The van der Waals surface area contributed by atoms with Crippen LogP contribution >= 0.6 is 27.5 Å². The highest BCUT2D eigenvalue weighted by Crippen LogP contribution is 2.30. The highest BCUT2D eigenvalue weighted by molar-refractivity contribution is 9.10. The second-order valence-electron chi connectivity index (χ2n) is 9.73. The van der Waals surface area contributed by atoms with Gasteiger partial charge >= 0.3 is 0 Å². The van der Waals surface area contributed by atoms with Crippen LogP contribution < -0.4 is 10.6 Å². The molecule has 1 saturated heterocycles. The van der Waals surface area contributed by atoms with Crippen molar-refractivity contribution in [1.82, 2.24) is 14.9 Å². The van der Waals surface area contributed by atoms with E-state index in [0.717, 1.165) is 58.3 Å². The number of anilines is 3. The maximum absolute atomic E-state index is 11.8. The topological polar surface area (TPSA) is 111 Å². The molecule has 39 heavy (non-hydrogen) atoms. The summed E-state index contributed by atoms with van der Waals surface area (Å²) >= 11 is 9.94. The molecule has 0 radical (unpaired) electrons. The van der Waals surface area contributed by atoms with Gasteiger partial charge in [0.15, 0.2) is 9.84 Å². The van der Waals surface area contributed by atoms with Crippen LogP contribution in [0, 0.1) is 25.2 Å². The van der Waals surface area contributed by atoms with Gasteiger partial charge in [-0.05, 0) is 95.2 Å². The van der Waals surface area contributed by atoms with Crippen molar-refractivity contribution in [2.45, 2.75) is 44.2 Å². The molecule has 0 spiro atoms. The van der Waals surface area contributed by atoms with E-state index in [9.17, 15) is 8.42 Å². The molecule has 0 unspecified atom stereocenters. The van der Waals surface area contributed by atoms with Crippen molar-refractivity contribution in [2.24, 2.45) is 0 Å². The first-order valence-corrected chi connectivity index (χ1v) is 15.5. The Hall–Kier alpha value is -2.97. The van der Waals surface area contributed by atoms with E-state index in [1.807, 2.05) is 32.0 Å². The molecule has 1 aromatic heterocycles. The Morgan fingerprint density at radius 1 is 1.21 bits per heavy atom. The quantitative estimate of drug-likeness (QED) is 0.281. The van der Waals surface area contributed by atoms with Crippen LogP contribution in [0.4, 0.5) is 17.5 Å². The van der Waals surface area contributed by atoms with Crippen molar-refractivity contribution in [3.05, 3.63) is 74.4 Å². The van der Waals surface area contributed by atoms with Gasteiger partial charge in [0, 0.05) is 54.9 Å². The lowest BCUT2D eigenvalue weighted by Crippen LogP contribution is -2.39. The van der Waals surface area contributed by atoms with Crippen LogP contribution in [0.15, 0.2) is 52.0 Å². The normalized spacial score (nSPS) is 14.9. The Morgan fingerprint density at radius 3 is 2.51 bits per heavy atom. The largest absolute Gasteiger partial charge is 0.351 e. The van der Waals surface area contributed by atoms with Crippen molar-refractivity contribution in [2.75, 3.05) is 30.0 Å². The van der Waals surface area contributed by atoms with Crippen LogP contribution in [0.2, 0.25) is 5.02 Å². The standard InChI is InChI=1S/C28H30BrClN6O2S/c1-18-13-20(5-4-10-31)14-19(2)26(18)34-27-24(29)16-32-28(35-27)33-22-8-11-36(12-9-22)17-21-6-7-23(15-25(21)30)39(3,37)38/h4-7,13-16,22H,8-9,11-12,17H2,1-3H3,(H2,32,33,34,35)/b5-4+. The Balaban J connectivity index is 1.37. The zero-order chi connectivity index (χ0) is 28.2. The number of nitriles is 1. The summed E-state index contributed by atoms with van der Waals surface area (Å²) in [5.41, 5.74) is 4.95. The molecule has 1 aliphatic rings. The van der Waals surface area contributed by atoms with Gasteiger partial charge in [-0.2, -0.15) is 10.2 Å². The van der Waals surface area contributed by atoms with Gasteiger partial charge in [0.1, 0.15) is 5.82 Å². The minimum Gasteiger partial charge on any atom is -0.351 e. The van der Waals surface area contributed by atoms with Crippen molar-refractivity contribution in [3.63, 3.8) is 0 Å². The van der Waals surface area contributed by atoms with Crippen LogP contribution in [0.3, 0.4) is 0 Å². The predicted molar refractivity (Wildman–Crippen MR) is 160 cm³/mol. The summed E-state index contributed by atoms with van der Waals surface area (Å²) in [5.74, 6) is 1.23. The summed E-state index contributed by atoms with van der Waals surface area (Å²) in [7, 11) is -3.28. The Bertz CT molecular complexity index is 1520. The van der Waals surface area contributed by atoms with E-state index in [1.165, 1.54) is 18.4 Å². The molecule has 0 saturated carbocycles. The van der Waals surface area contributed by atoms with Gasteiger partial charge in [0.05, 0.1) is 15.4 Å². The number of nitrogens with zero attached hydrogens (tertiary/aromatic N) is 4. The summed E-state index contributed by atoms with van der Waals surface area (Å²) in [6.07, 6.45) is 8.01. The number of rotatable bonds is 8. The molecule has 1 fully saturated rings. The highest BCUT2D eigenvalue weighted by atomic mass is 79.9. The van der Waals surface area contributed by atoms with Gasteiger partial charge in [0.2, 0.25) is 5.95 Å². The number of likely N-dealkylation sites (tertiary alicyclic amines) is 1. The Morgan fingerprint density at radius 2 is 1.90 bits per heavy atom. The molecule has 2 heterocycles. The molecule has 2 N–H and O–H groups in total. The zero-order valence-electron chi connectivity index (χ0n) is 22.0. The second kappa shape index (κ2) is 12.5. The van der Waals surface area contributed by atoms with Crippen molar-refractivity contribution < 1.29 is 8.42 Å². The molecule has 0 bridgehead atoms. The Labute approximate surface area is 243 Å². The number of sulfone groups is 1. The third kappa shape index (κ3) is 7.57. The molecule has 2 aromatic carbocycles. The molecule has 204 valence electrons. The number of halogens is 2. The summed E-state index contributed by atoms with van der Waals surface area (Å²) in [5, 5.41) is 16.2. The number of piperidine rings is 1. The number of allylic oxidation sites excluding steroid dienone is 1. The van der Waals surface area contributed by atoms with E-state index in [-0.39, 0.29) is 10.9 Å². The third-order valence-electron chi connectivity index (χ3n) is 6.66. The first kappa shape index (κ1) is 29.0. The summed E-state index contributed by atoms with van der Waals surface area (Å²) < 4.78 is 24.3. The minimum atomic E-state index is -3.28. The van der Waals surface area contributed by atoms with E-state index in [1.54, 1.807) is 24.4 Å². The minimum absolute atomic E-state index is 0.230.